The van der Waals surface area contributed by atoms with Gasteiger partial charge in [0.25, 0.3) is 0 Å². The van der Waals surface area contributed by atoms with Gasteiger partial charge in [-0.15, -0.1) is 23.5 Å². The molecule has 2 aromatic carbocycles. The van der Waals surface area contributed by atoms with Crippen molar-refractivity contribution in [1.29, 1.82) is 0 Å². The molecular formula is C29H32O6S2. The van der Waals surface area contributed by atoms with Crippen LogP contribution in [0.1, 0.15) is 61.8 Å². The Morgan fingerprint density at radius 1 is 1.00 bits per heavy atom. The van der Waals surface area contributed by atoms with E-state index in [2.05, 4.69) is 0 Å². The summed E-state index contributed by atoms with van der Waals surface area (Å²) in [4.78, 5) is 35.5. The predicted molar refractivity (Wildman–Crippen MR) is 151 cm³/mol. The number of allylic oxidation sites excluding steroid dienone is 1. The first-order valence-electron chi connectivity index (χ1n) is 12.1. The molecule has 0 spiro atoms. The largest absolute Gasteiger partial charge is 0.481 e. The van der Waals surface area contributed by atoms with Gasteiger partial charge in [0, 0.05) is 22.8 Å². The van der Waals surface area contributed by atoms with Gasteiger partial charge in [0.2, 0.25) is 0 Å². The van der Waals surface area contributed by atoms with Gasteiger partial charge in [-0.1, -0.05) is 48.5 Å². The number of benzene rings is 2. The van der Waals surface area contributed by atoms with Crippen LogP contribution in [0.4, 0.5) is 0 Å². The van der Waals surface area contributed by atoms with Gasteiger partial charge < -0.3 is 15.3 Å². The maximum atomic E-state index is 11.6. The lowest BCUT2D eigenvalue weighted by Gasteiger charge is -2.20. The summed E-state index contributed by atoms with van der Waals surface area (Å²) in [5.41, 5.74) is 2.43. The average molecular weight is 541 g/mol. The van der Waals surface area contributed by atoms with Crippen molar-refractivity contribution in [2.75, 3.05) is 11.5 Å². The standard InChI is InChI=1S/C15H16O3S.C14H16O3S/c1-15(2,14(17)18)11-5-3-4-10(8-11)9-13-12(16)6-7-19-13;1-9(14(16)17)11-4-2-3-10(7-11)8-13-12(15)5-6-18-13/h3-5,8-9H,6-7H2,1-2H3,(H,17,18);2-4,7-9,12,15H,5-6H2,1H3,(H,16,17). The number of carbonyl (C=O) groups is 3. The third-order valence-corrected chi connectivity index (χ3v) is 8.61. The Balaban J connectivity index is 0.000000206. The first kappa shape index (κ1) is 28.8. The number of Topliss-reactive ketones (excluding diaryl/α,β-unsaturated/α-hetero) is 1. The molecule has 2 aliphatic rings. The topological polar surface area (TPSA) is 112 Å². The molecule has 0 radical (unpaired) electrons. The van der Waals surface area contributed by atoms with Crippen molar-refractivity contribution in [3.63, 3.8) is 0 Å². The average Bonchev–Trinajstić information content (AvgIpc) is 3.46. The highest BCUT2D eigenvalue weighted by atomic mass is 32.2. The molecule has 0 amide bonds. The molecule has 2 atom stereocenters. The molecule has 2 aliphatic heterocycles. The predicted octanol–water partition coefficient (Wildman–Crippen LogP) is 5.81. The maximum absolute atomic E-state index is 11.6. The second-order valence-corrected chi connectivity index (χ2v) is 11.8. The Bertz CT molecular complexity index is 1230. The molecule has 2 fully saturated rings. The minimum Gasteiger partial charge on any atom is -0.481 e. The zero-order valence-electron chi connectivity index (χ0n) is 21.1. The van der Waals surface area contributed by atoms with Crippen LogP contribution >= 0.6 is 23.5 Å². The molecule has 0 aliphatic carbocycles. The molecule has 3 N–H and O–H groups in total. The van der Waals surface area contributed by atoms with Crippen molar-refractivity contribution in [3.05, 3.63) is 80.6 Å². The van der Waals surface area contributed by atoms with Crippen LogP contribution in [0.15, 0.2) is 58.3 Å². The minimum absolute atomic E-state index is 0.174. The van der Waals surface area contributed by atoms with Crippen molar-refractivity contribution >= 4 is 53.4 Å². The molecule has 2 unspecified atom stereocenters. The third-order valence-electron chi connectivity index (χ3n) is 6.38. The second kappa shape index (κ2) is 12.6. The van der Waals surface area contributed by atoms with Crippen molar-refractivity contribution in [1.82, 2.24) is 0 Å². The van der Waals surface area contributed by atoms with E-state index in [0.717, 1.165) is 50.0 Å². The molecule has 0 aromatic heterocycles. The molecule has 6 nitrogen and oxygen atoms in total. The number of carboxylic acids is 2. The van der Waals surface area contributed by atoms with E-state index >= 15 is 0 Å². The lowest BCUT2D eigenvalue weighted by Crippen LogP contribution is -2.28. The Morgan fingerprint density at radius 3 is 2.24 bits per heavy atom. The lowest BCUT2D eigenvalue weighted by molar-refractivity contribution is -0.142. The Labute approximate surface area is 225 Å². The zero-order valence-corrected chi connectivity index (χ0v) is 22.8. The van der Waals surface area contributed by atoms with E-state index in [1.54, 1.807) is 50.4 Å². The number of carbonyl (C=O) groups excluding carboxylic acids is 1. The fourth-order valence-corrected chi connectivity index (χ4v) is 5.86. The summed E-state index contributed by atoms with van der Waals surface area (Å²) in [7, 11) is 0. The molecule has 196 valence electrons. The van der Waals surface area contributed by atoms with Crippen LogP contribution in [0, 0.1) is 0 Å². The first-order valence-corrected chi connectivity index (χ1v) is 14.0. The van der Waals surface area contributed by atoms with E-state index in [0.29, 0.717) is 6.42 Å². The van der Waals surface area contributed by atoms with Gasteiger partial charge in [0.15, 0.2) is 5.78 Å². The van der Waals surface area contributed by atoms with Crippen molar-refractivity contribution in [3.8, 4) is 0 Å². The Hall–Kier alpha value is -2.81. The molecular weight excluding hydrogens is 508 g/mol. The van der Waals surface area contributed by atoms with Crippen LogP contribution in [0.25, 0.3) is 12.2 Å². The monoisotopic (exact) mass is 540 g/mol. The van der Waals surface area contributed by atoms with Crippen molar-refractivity contribution in [2.45, 2.75) is 51.0 Å². The summed E-state index contributed by atoms with van der Waals surface area (Å²) < 4.78 is 0. The molecule has 2 saturated heterocycles. The number of ketones is 1. The van der Waals surface area contributed by atoms with E-state index in [1.165, 1.54) is 0 Å². The van der Waals surface area contributed by atoms with Crippen LogP contribution < -0.4 is 0 Å². The van der Waals surface area contributed by atoms with Gasteiger partial charge >= 0.3 is 11.9 Å². The highest BCUT2D eigenvalue weighted by Crippen LogP contribution is 2.33. The summed E-state index contributed by atoms with van der Waals surface area (Å²) in [6, 6.07) is 14.8. The number of hydrogen-bond acceptors (Lipinski definition) is 6. The van der Waals surface area contributed by atoms with Gasteiger partial charge in [-0.3, -0.25) is 14.4 Å². The zero-order chi connectivity index (χ0) is 27.2. The molecule has 8 heteroatoms. The van der Waals surface area contributed by atoms with E-state index in [4.69, 9.17) is 5.11 Å². The third kappa shape index (κ3) is 7.60. The van der Waals surface area contributed by atoms with E-state index in [1.807, 2.05) is 54.6 Å². The lowest BCUT2D eigenvalue weighted by atomic mass is 9.84. The summed E-state index contributed by atoms with van der Waals surface area (Å²) in [5.74, 6) is -0.237. The van der Waals surface area contributed by atoms with Crippen LogP contribution in [0.3, 0.4) is 0 Å². The number of thioether (sulfide) groups is 2. The SMILES string of the molecule is CC(C(=O)O)c1cccc(C=C2SCCC2O)c1.CC(C)(C(=O)O)c1cccc(C=C2SCCC2=O)c1. The number of aliphatic carboxylic acids is 2. The van der Waals surface area contributed by atoms with Gasteiger partial charge in [-0.05, 0) is 61.6 Å². The number of aliphatic hydroxyl groups excluding tert-OH is 1. The molecule has 0 bridgehead atoms. The smallest absolute Gasteiger partial charge is 0.313 e. The summed E-state index contributed by atoms with van der Waals surface area (Å²) in [6.45, 7) is 5.03. The number of carboxylic acid groups (broad SMARTS) is 2. The van der Waals surface area contributed by atoms with Crippen LogP contribution in [0.2, 0.25) is 0 Å². The summed E-state index contributed by atoms with van der Waals surface area (Å²) in [6.07, 6.45) is 4.82. The van der Waals surface area contributed by atoms with Crippen molar-refractivity contribution in [2.24, 2.45) is 0 Å². The molecule has 2 heterocycles. The molecule has 4 rings (SSSR count). The fourth-order valence-electron chi connectivity index (χ4n) is 3.76. The quantitative estimate of drug-likeness (QED) is 0.394. The Morgan fingerprint density at radius 2 is 1.68 bits per heavy atom. The van der Waals surface area contributed by atoms with Crippen LogP contribution in [-0.2, 0) is 19.8 Å². The van der Waals surface area contributed by atoms with E-state index < -0.39 is 23.3 Å². The van der Waals surface area contributed by atoms with Crippen molar-refractivity contribution < 1.29 is 29.7 Å². The maximum Gasteiger partial charge on any atom is 0.313 e. The second-order valence-electron chi connectivity index (χ2n) is 9.52. The molecule has 37 heavy (non-hydrogen) atoms. The van der Waals surface area contributed by atoms with Gasteiger partial charge in [-0.25, -0.2) is 0 Å². The highest BCUT2D eigenvalue weighted by molar-refractivity contribution is 8.04. The normalized spacial score (nSPS) is 20.5. The first-order chi connectivity index (χ1) is 17.5. The Kier molecular flexibility index (Phi) is 9.81. The fraction of sp³-hybridized carbons (Fsp3) is 0.345. The van der Waals surface area contributed by atoms with E-state index in [9.17, 15) is 24.6 Å². The molecule has 2 aromatic rings. The number of hydrogen-bond donors (Lipinski definition) is 3. The summed E-state index contributed by atoms with van der Waals surface area (Å²) in [5, 5.41) is 28.0. The van der Waals surface area contributed by atoms with E-state index in [-0.39, 0.29) is 11.9 Å². The highest BCUT2D eigenvalue weighted by Gasteiger charge is 2.29. The number of rotatable bonds is 6. The minimum atomic E-state index is -0.929. The van der Waals surface area contributed by atoms with Gasteiger partial charge in [0.05, 0.1) is 22.3 Å². The van der Waals surface area contributed by atoms with Gasteiger partial charge in [-0.2, -0.15) is 0 Å². The summed E-state index contributed by atoms with van der Waals surface area (Å²) >= 11 is 3.22. The van der Waals surface area contributed by atoms with Crippen LogP contribution in [-0.4, -0.2) is 50.7 Å². The number of aliphatic hydroxyl groups is 1. The van der Waals surface area contributed by atoms with Gasteiger partial charge in [0.1, 0.15) is 0 Å². The molecule has 0 saturated carbocycles. The van der Waals surface area contributed by atoms with Crippen LogP contribution in [0.5, 0.6) is 0 Å².